The van der Waals surface area contributed by atoms with Gasteiger partial charge in [-0.25, -0.2) is 4.79 Å². The Labute approximate surface area is 106 Å². The molecule has 18 heavy (non-hydrogen) atoms. The van der Waals surface area contributed by atoms with E-state index in [4.69, 9.17) is 5.73 Å². The highest BCUT2D eigenvalue weighted by Crippen LogP contribution is 2.03. The zero-order valence-corrected chi connectivity index (χ0v) is 11.1. The Balaban J connectivity index is 4.75. The molecule has 7 heteroatoms. The van der Waals surface area contributed by atoms with Crippen LogP contribution in [-0.2, 0) is 23.9 Å². The van der Waals surface area contributed by atoms with Crippen LogP contribution in [-0.4, -0.2) is 55.1 Å². The lowest BCUT2D eigenvalue weighted by Gasteiger charge is -2.27. The van der Waals surface area contributed by atoms with Gasteiger partial charge >= 0.3 is 11.9 Å². The summed E-state index contributed by atoms with van der Waals surface area (Å²) >= 11 is 0. The first-order valence-electron chi connectivity index (χ1n) is 5.64. The van der Waals surface area contributed by atoms with E-state index < -0.39 is 23.9 Å². The highest BCUT2D eigenvalue weighted by atomic mass is 16.5. The van der Waals surface area contributed by atoms with Crippen LogP contribution < -0.4 is 5.73 Å². The molecule has 0 heterocycles. The number of hydrogen-bond donors (Lipinski definition) is 1. The molecule has 0 aliphatic carbocycles. The predicted octanol–water partition coefficient (Wildman–Crippen LogP) is -0.713. The van der Waals surface area contributed by atoms with Gasteiger partial charge in [-0.1, -0.05) is 0 Å². The van der Waals surface area contributed by atoms with Gasteiger partial charge in [0.2, 0.25) is 0 Å². The number of rotatable bonds is 6. The summed E-state index contributed by atoms with van der Waals surface area (Å²) in [6.45, 7) is 4.92. The second-order valence-corrected chi connectivity index (χ2v) is 3.87. The Morgan fingerprint density at radius 1 is 1.28 bits per heavy atom. The van der Waals surface area contributed by atoms with E-state index in [2.05, 4.69) is 9.47 Å². The van der Waals surface area contributed by atoms with Crippen molar-refractivity contribution in [3.8, 4) is 0 Å². The average molecular weight is 260 g/mol. The number of ether oxygens (including phenoxy) is 2. The molecule has 2 N–H and O–H groups in total. The summed E-state index contributed by atoms with van der Waals surface area (Å²) in [6, 6.07) is -1.70. The second kappa shape index (κ2) is 7.65. The maximum Gasteiger partial charge on any atom is 0.332 e. The second-order valence-electron chi connectivity index (χ2n) is 3.87. The number of carbonyl (C=O) groups excluding carboxylic acids is 3. The van der Waals surface area contributed by atoms with Crippen LogP contribution >= 0.6 is 0 Å². The third-order valence-corrected chi connectivity index (χ3v) is 2.24. The molecule has 1 atom stereocenters. The smallest absolute Gasteiger partial charge is 0.332 e. The molecule has 0 radical (unpaired) electrons. The van der Waals surface area contributed by atoms with Gasteiger partial charge in [0, 0.05) is 6.04 Å². The summed E-state index contributed by atoms with van der Waals surface area (Å²) in [5, 5.41) is 0. The van der Waals surface area contributed by atoms with Crippen LogP contribution in [0.5, 0.6) is 0 Å². The summed E-state index contributed by atoms with van der Waals surface area (Å²) in [5.74, 6) is -2.04. The van der Waals surface area contributed by atoms with Crippen molar-refractivity contribution in [1.82, 2.24) is 4.90 Å². The SMILES string of the molecule is CCOC(=O)C(N)C(=O)N(CC(=O)OC)C(C)C. The lowest BCUT2D eigenvalue weighted by molar-refractivity contribution is -0.155. The van der Waals surface area contributed by atoms with Gasteiger partial charge in [0.05, 0.1) is 13.7 Å². The molecule has 0 aliphatic heterocycles. The molecule has 0 aromatic carbocycles. The van der Waals surface area contributed by atoms with Crippen LogP contribution in [0, 0.1) is 0 Å². The molecule has 0 aromatic rings. The molecule has 0 aliphatic rings. The van der Waals surface area contributed by atoms with E-state index in [0.29, 0.717) is 0 Å². The van der Waals surface area contributed by atoms with E-state index in [-0.39, 0.29) is 19.2 Å². The van der Waals surface area contributed by atoms with Gasteiger partial charge in [0.1, 0.15) is 6.54 Å². The van der Waals surface area contributed by atoms with Crippen molar-refractivity contribution in [1.29, 1.82) is 0 Å². The lowest BCUT2D eigenvalue weighted by atomic mass is 10.2. The first-order chi connectivity index (χ1) is 8.34. The molecule has 0 rings (SSSR count). The normalized spacial score (nSPS) is 11.9. The third-order valence-electron chi connectivity index (χ3n) is 2.24. The van der Waals surface area contributed by atoms with E-state index in [1.54, 1.807) is 20.8 Å². The van der Waals surface area contributed by atoms with Gasteiger partial charge in [-0.15, -0.1) is 0 Å². The van der Waals surface area contributed by atoms with Crippen molar-refractivity contribution in [3.63, 3.8) is 0 Å². The molecule has 7 nitrogen and oxygen atoms in total. The maximum absolute atomic E-state index is 11.9. The molecule has 0 saturated carbocycles. The van der Waals surface area contributed by atoms with E-state index in [9.17, 15) is 14.4 Å². The minimum atomic E-state index is -1.42. The van der Waals surface area contributed by atoms with E-state index >= 15 is 0 Å². The summed E-state index contributed by atoms with van der Waals surface area (Å²) in [6.07, 6.45) is 0. The minimum absolute atomic E-state index is 0.137. The monoisotopic (exact) mass is 260 g/mol. The fraction of sp³-hybridized carbons (Fsp3) is 0.727. The Bertz CT molecular complexity index is 317. The van der Waals surface area contributed by atoms with Crippen molar-refractivity contribution in [2.75, 3.05) is 20.3 Å². The first kappa shape index (κ1) is 16.4. The number of nitrogens with zero attached hydrogens (tertiary/aromatic N) is 1. The van der Waals surface area contributed by atoms with Crippen LogP contribution in [0.2, 0.25) is 0 Å². The summed E-state index contributed by atoms with van der Waals surface area (Å²) < 4.78 is 9.14. The van der Waals surface area contributed by atoms with E-state index in [1.807, 2.05) is 0 Å². The predicted molar refractivity (Wildman–Crippen MR) is 63.5 cm³/mol. The number of esters is 2. The molecule has 104 valence electrons. The minimum Gasteiger partial charge on any atom is -0.468 e. The number of nitrogens with two attached hydrogens (primary N) is 1. The molecular formula is C11H20N2O5. The van der Waals surface area contributed by atoms with Gasteiger partial charge in [0.15, 0.2) is 6.04 Å². The molecular weight excluding hydrogens is 240 g/mol. The van der Waals surface area contributed by atoms with Gasteiger partial charge in [-0.3, -0.25) is 9.59 Å². The van der Waals surface area contributed by atoms with E-state index in [0.717, 1.165) is 0 Å². The quantitative estimate of drug-likeness (QED) is 0.500. The fourth-order valence-electron chi connectivity index (χ4n) is 1.23. The highest BCUT2D eigenvalue weighted by Gasteiger charge is 2.31. The maximum atomic E-state index is 11.9. The number of carbonyl (C=O) groups is 3. The molecule has 0 bridgehead atoms. The fourth-order valence-corrected chi connectivity index (χ4v) is 1.23. The largest absolute Gasteiger partial charge is 0.468 e. The zero-order valence-electron chi connectivity index (χ0n) is 11.1. The molecule has 1 unspecified atom stereocenters. The summed E-state index contributed by atoms with van der Waals surface area (Å²) in [4.78, 5) is 35.7. The van der Waals surface area contributed by atoms with Gasteiger partial charge in [0.25, 0.3) is 5.91 Å². The Kier molecular flexibility index (Phi) is 6.96. The third kappa shape index (κ3) is 4.70. The van der Waals surface area contributed by atoms with Crippen molar-refractivity contribution in [2.45, 2.75) is 32.9 Å². The van der Waals surface area contributed by atoms with Crippen LogP contribution in [0.4, 0.5) is 0 Å². The van der Waals surface area contributed by atoms with Crippen LogP contribution in [0.15, 0.2) is 0 Å². The number of hydrogen-bond acceptors (Lipinski definition) is 6. The van der Waals surface area contributed by atoms with Crippen molar-refractivity contribution in [2.24, 2.45) is 5.73 Å². The Hall–Kier alpha value is -1.63. The van der Waals surface area contributed by atoms with Gasteiger partial charge in [-0.2, -0.15) is 0 Å². The average Bonchev–Trinajstić information content (AvgIpc) is 2.33. The van der Waals surface area contributed by atoms with Crippen LogP contribution in [0.3, 0.4) is 0 Å². The lowest BCUT2D eigenvalue weighted by Crippen LogP contribution is -2.52. The van der Waals surface area contributed by atoms with Crippen molar-refractivity contribution >= 4 is 17.8 Å². The Morgan fingerprint density at radius 2 is 1.83 bits per heavy atom. The topological polar surface area (TPSA) is 98.9 Å². The van der Waals surface area contributed by atoms with Crippen LogP contribution in [0.25, 0.3) is 0 Å². The van der Waals surface area contributed by atoms with Crippen molar-refractivity contribution in [3.05, 3.63) is 0 Å². The standard InChI is InChI=1S/C11H20N2O5/c1-5-18-11(16)9(12)10(15)13(7(2)3)6-8(14)17-4/h7,9H,5-6,12H2,1-4H3. The zero-order chi connectivity index (χ0) is 14.3. The molecule has 0 spiro atoms. The van der Waals surface area contributed by atoms with Crippen LogP contribution in [0.1, 0.15) is 20.8 Å². The molecule has 0 fully saturated rings. The molecule has 1 amide bonds. The van der Waals surface area contributed by atoms with Gasteiger partial charge in [-0.05, 0) is 20.8 Å². The van der Waals surface area contributed by atoms with Crippen molar-refractivity contribution < 1.29 is 23.9 Å². The Morgan fingerprint density at radius 3 is 2.22 bits per heavy atom. The van der Waals surface area contributed by atoms with E-state index in [1.165, 1.54) is 12.0 Å². The summed E-state index contributed by atoms with van der Waals surface area (Å²) in [5.41, 5.74) is 5.48. The first-order valence-corrected chi connectivity index (χ1v) is 5.64. The summed E-state index contributed by atoms with van der Waals surface area (Å²) in [7, 11) is 1.22. The number of amides is 1. The molecule has 0 aromatic heterocycles. The highest BCUT2D eigenvalue weighted by molar-refractivity contribution is 6.02. The van der Waals surface area contributed by atoms with Gasteiger partial charge < -0.3 is 20.1 Å². The molecule has 0 saturated heterocycles. The number of methoxy groups -OCH3 is 1.